The van der Waals surface area contributed by atoms with E-state index in [0.717, 1.165) is 9.87 Å². The fraction of sp³-hybridized carbons (Fsp3) is 0.235. The number of rotatable bonds is 13. The van der Waals surface area contributed by atoms with Gasteiger partial charge < -0.3 is 10.2 Å². The topological polar surface area (TPSA) is 86.8 Å². The molecule has 0 aromatic heterocycles. The van der Waals surface area contributed by atoms with Crippen LogP contribution in [0.2, 0.25) is 10.0 Å². The minimum atomic E-state index is -4.31. The molecule has 4 aromatic rings. The van der Waals surface area contributed by atoms with Crippen LogP contribution in [0.4, 0.5) is 10.1 Å². The van der Waals surface area contributed by atoms with E-state index in [0.29, 0.717) is 12.1 Å². The summed E-state index contributed by atoms with van der Waals surface area (Å²) in [5.41, 5.74) is 1.40. The maximum atomic E-state index is 14.4. The highest BCUT2D eigenvalue weighted by Gasteiger charge is 2.35. The predicted octanol–water partition coefficient (Wildman–Crippen LogP) is 6.74. The second-order valence-corrected chi connectivity index (χ2v) is 13.6. The van der Waals surface area contributed by atoms with Gasteiger partial charge in [0.1, 0.15) is 18.4 Å². The molecule has 0 radical (unpaired) electrons. The summed E-state index contributed by atoms with van der Waals surface area (Å²) in [6.07, 6.45) is 0.158. The van der Waals surface area contributed by atoms with Crippen molar-refractivity contribution in [1.82, 2.24) is 10.2 Å². The fourth-order valence-electron chi connectivity index (χ4n) is 4.68. The van der Waals surface area contributed by atoms with E-state index in [9.17, 15) is 22.4 Å². The molecule has 4 aromatic carbocycles. The normalized spacial score (nSPS) is 12.0. The van der Waals surface area contributed by atoms with Gasteiger partial charge in [0.2, 0.25) is 11.8 Å². The average Bonchev–Trinajstić information content (AvgIpc) is 3.02. The van der Waals surface area contributed by atoms with Crippen LogP contribution in [-0.4, -0.2) is 44.3 Å². The number of hydrogen-bond donors (Lipinski definition) is 1. The number of amides is 2. The summed E-state index contributed by atoms with van der Waals surface area (Å²) < 4.78 is 42.8. The predicted molar refractivity (Wildman–Crippen MR) is 176 cm³/mol. The summed E-state index contributed by atoms with van der Waals surface area (Å²) >= 11 is 12.6. The highest BCUT2D eigenvalue weighted by atomic mass is 35.5. The molecule has 2 amide bonds. The first-order valence-corrected chi connectivity index (χ1v) is 16.5. The molecule has 7 nitrogen and oxygen atoms in total. The standard InChI is InChI=1S/C34H34Cl2FN3O4S/c1-24(2)21-38-34(42)32(19-25-9-5-3-6-10-25)39(22-26-13-16-28(37)17-14-26)33(41)23-40(31-18-15-27(35)20-30(31)36)45(43,44)29-11-7-4-8-12-29/h3-18,20,24,32H,19,21-23H2,1-2H3,(H,38,42). The Labute approximate surface area is 273 Å². The zero-order chi connectivity index (χ0) is 32.6. The lowest BCUT2D eigenvalue weighted by Crippen LogP contribution is -2.53. The van der Waals surface area contributed by atoms with Crippen LogP contribution in [-0.2, 0) is 32.6 Å². The second kappa shape index (κ2) is 15.4. The Kier molecular flexibility index (Phi) is 11.6. The van der Waals surface area contributed by atoms with E-state index in [4.69, 9.17) is 23.2 Å². The smallest absolute Gasteiger partial charge is 0.264 e. The summed E-state index contributed by atoms with van der Waals surface area (Å²) in [7, 11) is -4.31. The van der Waals surface area contributed by atoms with Gasteiger partial charge in [-0.3, -0.25) is 13.9 Å². The molecule has 0 heterocycles. The molecule has 1 atom stereocenters. The molecule has 4 rings (SSSR count). The summed E-state index contributed by atoms with van der Waals surface area (Å²) in [5.74, 6) is -1.37. The number of benzene rings is 4. The molecule has 0 aliphatic heterocycles. The fourth-order valence-corrected chi connectivity index (χ4v) is 6.69. The zero-order valence-electron chi connectivity index (χ0n) is 24.9. The lowest BCUT2D eigenvalue weighted by atomic mass is 10.0. The van der Waals surface area contributed by atoms with Crippen LogP contribution in [0.3, 0.4) is 0 Å². The summed E-state index contributed by atoms with van der Waals surface area (Å²) in [6, 6.07) is 25.8. The van der Waals surface area contributed by atoms with Gasteiger partial charge in [-0.2, -0.15) is 0 Å². The molecule has 0 saturated heterocycles. The molecule has 0 fully saturated rings. The molecule has 45 heavy (non-hydrogen) atoms. The molecule has 236 valence electrons. The molecule has 0 saturated carbocycles. The van der Waals surface area contributed by atoms with Gasteiger partial charge in [0.05, 0.1) is 15.6 Å². The van der Waals surface area contributed by atoms with Gasteiger partial charge in [0.15, 0.2) is 0 Å². The van der Waals surface area contributed by atoms with E-state index in [-0.39, 0.29) is 39.5 Å². The Balaban J connectivity index is 1.81. The Bertz CT molecular complexity index is 1710. The van der Waals surface area contributed by atoms with Crippen molar-refractivity contribution in [3.63, 3.8) is 0 Å². The number of nitrogens with zero attached hydrogens (tertiary/aromatic N) is 2. The summed E-state index contributed by atoms with van der Waals surface area (Å²) in [4.78, 5) is 29.5. The van der Waals surface area contributed by atoms with Gasteiger partial charge in [-0.25, -0.2) is 12.8 Å². The van der Waals surface area contributed by atoms with E-state index in [1.54, 1.807) is 18.2 Å². The number of hydrogen-bond acceptors (Lipinski definition) is 4. The number of halogens is 3. The first-order chi connectivity index (χ1) is 21.5. The molecule has 0 aliphatic carbocycles. The van der Waals surface area contributed by atoms with Crippen LogP contribution < -0.4 is 9.62 Å². The molecule has 11 heteroatoms. The third-order valence-electron chi connectivity index (χ3n) is 7.01. The van der Waals surface area contributed by atoms with Crippen molar-refractivity contribution in [3.05, 3.63) is 130 Å². The van der Waals surface area contributed by atoms with Gasteiger partial charge in [-0.1, -0.05) is 97.7 Å². The van der Waals surface area contributed by atoms with Gasteiger partial charge in [0, 0.05) is 24.5 Å². The number of carbonyl (C=O) groups is 2. The maximum Gasteiger partial charge on any atom is 0.264 e. The average molecular weight is 671 g/mol. The monoisotopic (exact) mass is 669 g/mol. The van der Waals surface area contributed by atoms with Crippen molar-refractivity contribution < 1.29 is 22.4 Å². The molecule has 1 N–H and O–H groups in total. The van der Waals surface area contributed by atoms with Crippen LogP contribution in [0.1, 0.15) is 25.0 Å². The van der Waals surface area contributed by atoms with Crippen LogP contribution >= 0.6 is 23.2 Å². The Morgan fingerprint density at radius 1 is 0.844 bits per heavy atom. The van der Waals surface area contributed by atoms with Crippen LogP contribution in [0.5, 0.6) is 0 Å². The van der Waals surface area contributed by atoms with Crippen LogP contribution in [0.25, 0.3) is 0 Å². The third-order valence-corrected chi connectivity index (χ3v) is 9.32. The molecule has 0 aliphatic rings. The molecular weight excluding hydrogens is 636 g/mol. The highest BCUT2D eigenvalue weighted by molar-refractivity contribution is 7.92. The Morgan fingerprint density at radius 2 is 1.47 bits per heavy atom. The van der Waals surface area contributed by atoms with Gasteiger partial charge in [-0.05, 0) is 59.5 Å². The van der Waals surface area contributed by atoms with Gasteiger partial charge in [-0.15, -0.1) is 0 Å². The van der Waals surface area contributed by atoms with E-state index in [2.05, 4.69) is 5.32 Å². The number of carbonyl (C=O) groups excluding carboxylic acids is 2. The molecular formula is C34H34Cl2FN3O4S. The lowest BCUT2D eigenvalue weighted by molar-refractivity contribution is -0.140. The van der Waals surface area contributed by atoms with E-state index in [1.165, 1.54) is 59.5 Å². The van der Waals surface area contributed by atoms with Crippen molar-refractivity contribution in [2.45, 2.75) is 37.8 Å². The quantitative estimate of drug-likeness (QED) is 0.171. The minimum Gasteiger partial charge on any atom is -0.354 e. The molecule has 0 spiro atoms. The Hall–Kier alpha value is -3.92. The third kappa shape index (κ3) is 9.06. The first-order valence-electron chi connectivity index (χ1n) is 14.3. The minimum absolute atomic E-state index is 0.0235. The van der Waals surface area contributed by atoms with Crippen molar-refractivity contribution in [1.29, 1.82) is 0 Å². The van der Waals surface area contributed by atoms with Crippen molar-refractivity contribution >= 4 is 50.7 Å². The van der Waals surface area contributed by atoms with Crippen molar-refractivity contribution in [2.24, 2.45) is 5.92 Å². The van der Waals surface area contributed by atoms with E-state index >= 15 is 0 Å². The molecule has 1 unspecified atom stereocenters. The lowest BCUT2D eigenvalue weighted by Gasteiger charge is -2.34. The molecule has 0 bridgehead atoms. The second-order valence-electron chi connectivity index (χ2n) is 10.9. The van der Waals surface area contributed by atoms with Gasteiger partial charge >= 0.3 is 0 Å². The van der Waals surface area contributed by atoms with E-state index < -0.39 is 40.2 Å². The highest BCUT2D eigenvalue weighted by Crippen LogP contribution is 2.33. The van der Waals surface area contributed by atoms with Crippen LogP contribution in [0, 0.1) is 11.7 Å². The van der Waals surface area contributed by atoms with E-state index in [1.807, 2.05) is 44.2 Å². The largest absolute Gasteiger partial charge is 0.354 e. The SMILES string of the molecule is CC(C)CNC(=O)C(Cc1ccccc1)N(Cc1ccc(F)cc1)C(=O)CN(c1ccc(Cl)cc1Cl)S(=O)(=O)c1ccccc1. The van der Waals surface area contributed by atoms with Crippen LogP contribution in [0.15, 0.2) is 108 Å². The maximum absolute atomic E-state index is 14.4. The van der Waals surface area contributed by atoms with Gasteiger partial charge in [0.25, 0.3) is 10.0 Å². The summed E-state index contributed by atoms with van der Waals surface area (Å²) in [6.45, 7) is 3.52. The first kappa shape index (κ1) is 34.0. The Morgan fingerprint density at radius 3 is 2.07 bits per heavy atom. The summed E-state index contributed by atoms with van der Waals surface area (Å²) in [5, 5.41) is 3.24. The number of sulfonamides is 1. The number of anilines is 1. The zero-order valence-corrected chi connectivity index (χ0v) is 27.2. The number of nitrogens with one attached hydrogen (secondary N) is 1. The van der Waals surface area contributed by atoms with Crippen molar-refractivity contribution in [3.8, 4) is 0 Å². The van der Waals surface area contributed by atoms with Crippen molar-refractivity contribution in [2.75, 3.05) is 17.4 Å².